The van der Waals surface area contributed by atoms with Crippen LogP contribution < -0.4 is 0 Å². The van der Waals surface area contributed by atoms with E-state index in [9.17, 15) is 13.5 Å². The summed E-state index contributed by atoms with van der Waals surface area (Å²) in [4.78, 5) is 0. The molecule has 0 radical (unpaired) electrons. The number of aliphatic hydroxyl groups excluding tert-OH is 1. The Balaban J connectivity index is 2.96. The standard InChI is InChI=1S/C14H17ClO3S/c1-3-4-5-6-13(16)14(19(2,17)18)11-7-9-12(15)10-8-11/h1,7-10,13-14,16H,4-6H2,2H3. The zero-order valence-corrected chi connectivity index (χ0v) is 12.3. The van der Waals surface area contributed by atoms with E-state index in [0.29, 0.717) is 29.8 Å². The highest BCUT2D eigenvalue weighted by Crippen LogP contribution is 2.29. The molecule has 3 nitrogen and oxygen atoms in total. The van der Waals surface area contributed by atoms with Crippen LogP contribution in [0.4, 0.5) is 0 Å². The normalized spacial score (nSPS) is 14.6. The lowest BCUT2D eigenvalue weighted by Gasteiger charge is -2.21. The summed E-state index contributed by atoms with van der Waals surface area (Å²) in [5.74, 6) is 2.47. The lowest BCUT2D eigenvalue weighted by Crippen LogP contribution is -2.25. The Morgan fingerprint density at radius 1 is 1.37 bits per heavy atom. The molecule has 2 unspecified atom stereocenters. The van der Waals surface area contributed by atoms with E-state index in [1.54, 1.807) is 24.3 Å². The maximum atomic E-state index is 11.9. The molecular weight excluding hydrogens is 284 g/mol. The lowest BCUT2D eigenvalue weighted by molar-refractivity contribution is 0.156. The topological polar surface area (TPSA) is 54.4 Å². The second kappa shape index (κ2) is 6.95. The monoisotopic (exact) mass is 300 g/mol. The highest BCUT2D eigenvalue weighted by molar-refractivity contribution is 7.91. The van der Waals surface area contributed by atoms with Crippen molar-refractivity contribution < 1.29 is 13.5 Å². The Kier molecular flexibility index (Phi) is 5.86. The van der Waals surface area contributed by atoms with Crippen LogP contribution in [0.15, 0.2) is 24.3 Å². The van der Waals surface area contributed by atoms with Crippen LogP contribution in [-0.4, -0.2) is 25.9 Å². The summed E-state index contributed by atoms with van der Waals surface area (Å²) in [6.07, 6.45) is 6.76. The molecule has 0 aliphatic rings. The molecule has 0 aliphatic carbocycles. The van der Waals surface area contributed by atoms with E-state index < -0.39 is 21.2 Å². The van der Waals surface area contributed by atoms with Crippen molar-refractivity contribution in [1.82, 2.24) is 0 Å². The van der Waals surface area contributed by atoms with E-state index in [0.717, 1.165) is 6.26 Å². The van der Waals surface area contributed by atoms with Gasteiger partial charge in [-0.05, 0) is 30.5 Å². The van der Waals surface area contributed by atoms with Gasteiger partial charge < -0.3 is 5.11 Å². The Morgan fingerprint density at radius 2 is 1.95 bits per heavy atom. The molecule has 0 saturated heterocycles. The van der Waals surface area contributed by atoms with Gasteiger partial charge in [0, 0.05) is 17.7 Å². The molecule has 19 heavy (non-hydrogen) atoms. The second-order valence-corrected chi connectivity index (χ2v) is 7.07. The van der Waals surface area contributed by atoms with Gasteiger partial charge in [0.15, 0.2) is 9.84 Å². The van der Waals surface area contributed by atoms with Gasteiger partial charge >= 0.3 is 0 Å². The number of aliphatic hydroxyl groups is 1. The number of halogens is 1. The molecule has 0 fully saturated rings. The van der Waals surface area contributed by atoms with Crippen molar-refractivity contribution in [3.05, 3.63) is 34.9 Å². The minimum atomic E-state index is -3.41. The SMILES string of the molecule is C#CCCCC(O)C(c1ccc(Cl)cc1)S(C)(=O)=O. The number of rotatable bonds is 6. The first-order valence-electron chi connectivity index (χ1n) is 5.92. The number of benzene rings is 1. The molecular formula is C14H17ClO3S. The number of hydrogen-bond acceptors (Lipinski definition) is 3. The number of unbranched alkanes of at least 4 members (excludes halogenated alkanes) is 1. The molecule has 0 aliphatic heterocycles. The maximum Gasteiger partial charge on any atom is 0.157 e. The first-order chi connectivity index (χ1) is 8.86. The summed E-state index contributed by atoms with van der Waals surface area (Å²) < 4.78 is 23.7. The summed E-state index contributed by atoms with van der Waals surface area (Å²) >= 11 is 5.78. The fraction of sp³-hybridized carbons (Fsp3) is 0.429. The lowest BCUT2D eigenvalue weighted by atomic mass is 10.0. The predicted molar refractivity (Wildman–Crippen MR) is 77.7 cm³/mol. The fourth-order valence-corrected chi connectivity index (χ4v) is 3.46. The summed E-state index contributed by atoms with van der Waals surface area (Å²) in [6.45, 7) is 0. The van der Waals surface area contributed by atoms with E-state index in [4.69, 9.17) is 18.0 Å². The van der Waals surface area contributed by atoms with Crippen LogP contribution in [0.3, 0.4) is 0 Å². The highest BCUT2D eigenvalue weighted by atomic mass is 35.5. The van der Waals surface area contributed by atoms with Crippen molar-refractivity contribution >= 4 is 21.4 Å². The van der Waals surface area contributed by atoms with Gasteiger partial charge in [-0.3, -0.25) is 0 Å². The van der Waals surface area contributed by atoms with Crippen molar-refractivity contribution in [2.24, 2.45) is 0 Å². The van der Waals surface area contributed by atoms with Gasteiger partial charge in [-0.15, -0.1) is 12.3 Å². The maximum absolute atomic E-state index is 11.9. The number of hydrogen-bond donors (Lipinski definition) is 1. The number of sulfone groups is 1. The van der Waals surface area contributed by atoms with Crippen LogP contribution in [0, 0.1) is 12.3 Å². The smallest absolute Gasteiger partial charge is 0.157 e. The van der Waals surface area contributed by atoms with Crippen LogP contribution in [0.5, 0.6) is 0 Å². The first-order valence-corrected chi connectivity index (χ1v) is 8.25. The van der Waals surface area contributed by atoms with Gasteiger partial charge in [0.2, 0.25) is 0 Å². The van der Waals surface area contributed by atoms with Crippen molar-refractivity contribution in [1.29, 1.82) is 0 Å². The van der Waals surface area contributed by atoms with E-state index in [1.165, 1.54) is 0 Å². The third-order valence-electron chi connectivity index (χ3n) is 2.83. The summed E-state index contributed by atoms with van der Waals surface area (Å²) in [6, 6.07) is 6.48. The Morgan fingerprint density at radius 3 is 2.42 bits per heavy atom. The molecule has 0 amide bonds. The van der Waals surface area contributed by atoms with Gasteiger partial charge in [-0.1, -0.05) is 23.7 Å². The molecule has 0 spiro atoms. The molecule has 1 N–H and O–H groups in total. The van der Waals surface area contributed by atoms with E-state index in [2.05, 4.69) is 5.92 Å². The van der Waals surface area contributed by atoms with Crippen LogP contribution in [-0.2, 0) is 9.84 Å². The van der Waals surface area contributed by atoms with E-state index >= 15 is 0 Å². The van der Waals surface area contributed by atoms with E-state index in [1.807, 2.05) is 0 Å². The van der Waals surface area contributed by atoms with Gasteiger partial charge in [0.1, 0.15) is 5.25 Å². The Labute approximate surface area is 119 Å². The van der Waals surface area contributed by atoms with Crippen LogP contribution in [0.25, 0.3) is 0 Å². The van der Waals surface area contributed by atoms with Crippen LogP contribution >= 0.6 is 11.6 Å². The largest absolute Gasteiger partial charge is 0.391 e. The van der Waals surface area contributed by atoms with Gasteiger partial charge in [0.05, 0.1) is 6.10 Å². The summed E-state index contributed by atoms with van der Waals surface area (Å²) in [7, 11) is -3.41. The number of terminal acetylenes is 1. The Bertz CT molecular complexity index is 543. The minimum absolute atomic E-state index is 0.352. The molecule has 1 aromatic carbocycles. The molecule has 0 saturated carbocycles. The third kappa shape index (κ3) is 4.87. The predicted octanol–water partition coefficient (Wildman–Crippen LogP) is 2.59. The van der Waals surface area contributed by atoms with Gasteiger partial charge in [-0.25, -0.2) is 8.42 Å². The summed E-state index contributed by atoms with van der Waals surface area (Å²) in [5.41, 5.74) is 0.542. The minimum Gasteiger partial charge on any atom is -0.391 e. The zero-order valence-electron chi connectivity index (χ0n) is 10.7. The van der Waals surface area contributed by atoms with Gasteiger partial charge in [-0.2, -0.15) is 0 Å². The fourth-order valence-electron chi connectivity index (χ4n) is 1.97. The quantitative estimate of drug-likeness (QED) is 0.649. The van der Waals surface area contributed by atoms with Crippen molar-refractivity contribution in [3.63, 3.8) is 0 Å². The van der Waals surface area contributed by atoms with Crippen molar-refractivity contribution in [2.75, 3.05) is 6.26 Å². The molecule has 104 valence electrons. The zero-order chi connectivity index (χ0) is 14.5. The molecule has 0 heterocycles. The second-order valence-electron chi connectivity index (χ2n) is 4.47. The average molecular weight is 301 g/mol. The molecule has 2 atom stereocenters. The first kappa shape index (κ1) is 16.0. The summed E-state index contributed by atoms with van der Waals surface area (Å²) in [5, 5.41) is 9.70. The molecule has 5 heteroatoms. The highest BCUT2D eigenvalue weighted by Gasteiger charge is 2.30. The van der Waals surface area contributed by atoms with Crippen molar-refractivity contribution in [3.8, 4) is 12.3 Å². The van der Waals surface area contributed by atoms with Gasteiger partial charge in [0.25, 0.3) is 0 Å². The van der Waals surface area contributed by atoms with Crippen LogP contribution in [0.2, 0.25) is 5.02 Å². The molecule has 0 bridgehead atoms. The average Bonchev–Trinajstić information content (AvgIpc) is 2.30. The third-order valence-corrected chi connectivity index (χ3v) is 4.59. The molecule has 1 rings (SSSR count). The van der Waals surface area contributed by atoms with Crippen molar-refractivity contribution in [2.45, 2.75) is 30.6 Å². The van der Waals surface area contributed by atoms with E-state index in [-0.39, 0.29) is 0 Å². The Hall–Kier alpha value is -1.02. The molecule has 0 aromatic heterocycles. The molecule has 1 aromatic rings. The van der Waals surface area contributed by atoms with Crippen LogP contribution in [0.1, 0.15) is 30.1 Å².